The van der Waals surface area contributed by atoms with Gasteiger partial charge in [-0.15, -0.1) is 0 Å². The highest BCUT2D eigenvalue weighted by Crippen LogP contribution is 2.45. The molecule has 6 rings (SSSR count). The third kappa shape index (κ3) is 4.39. The molecule has 0 spiro atoms. The van der Waals surface area contributed by atoms with Crippen molar-refractivity contribution < 1.29 is 19.1 Å². The predicted molar refractivity (Wildman–Crippen MR) is 144 cm³/mol. The zero-order valence-corrected chi connectivity index (χ0v) is 21.4. The van der Waals surface area contributed by atoms with E-state index in [1.165, 1.54) is 0 Å². The van der Waals surface area contributed by atoms with Gasteiger partial charge in [-0.1, -0.05) is 12.1 Å². The minimum Gasteiger partial charge on any atom is -0.451 e. The zero-order valence-electron chi connectivity index (χ0n) is 21.4. The molecule has 38 heavy (non-hydrogen) atoms. The Kier molecular flexibility index (Phi) is 6.50. The van der Waals surface area contributed by atoms with Gasteiger partial charge >= 0.3 is 0 Å². The molecule has 3 aliphatic heterocycles. The van der Waals surface area contributed by atoms with Gasteiger partial charge in [-0.3, -0.25) is 19.3 Å². The molecule has 0 aliphatic carbocycles. The van der Waals surface area contributed by atoms with Crippen molar-refractivity contribution in [3.05, 3.63) is 58.4 Å². The summed E-state index contributed by atoms with van der Waals surface area (Å²) in [7, 11) is 0. The van der Waals surface area contributed by atoms with Crippen LogP contribution in [0, 0.1) is 0 Å². The molecule has 0 radical (unpaired) electrons. The molecule has 2 fully saturated rings. The molecule has 3 aromatic rings. The summed E-state index contributed by atoms with van der Waals surface area (Å²) in [4.78, 5) is 44.8. The van der Waals surface area contributed by atoms with Crippen molar-refractivity contribution in [3.8, 4) is 17.2 Å². The van der Waals surface area contributed by atoms with Gasteiger partial charge in [0.25, 0.3) is 5.91 Å². The molecule has 0 unspecified atom stereocenters. The van der Waals surface area contributed by atoms with E-state index in [1.807, 2.05) is 39.8 Å². The topological polar surface area (TPSA) is 96.4 Å². The lowest BCUT2D eigenvalue weighted by Crippen LogP contribution is -2.48. The largest absolute Gasteiger partial charge is 0.451 e. The molecular weight excluding hydrogens is 486 g/mol. The second-order valence-corrected chi connectivity index (χ2v) is 9.82. The van der Waals surface area contributed by atoms with Crippen LogP contribution >= 0.6 is 0 Å². The van der Waals surface area contributed by atoms with Crippen LogP contribution in [0.2, 0.25) is 0 Å². The number of nitrogens with one attached hydrogen (secondary N) is 1. The summed E-state index contributed by atoms with van der Waals surface area (Å²) in [6.07, 6.45) is 1.64. The zero-order chi connectivity index (χ0) is 26.2. The monoisotopic (exact) mass is 517 g/mol. The van der Waals surface area contributed by atoms with E-state index in [0.29, 0.717) is 74.9 Å². The molecule has 10 nitrogen and oxygen atoms in total. The molecule has 0 atom stereocenters. The van der Waals surface area contributed by atoms with Gasteiger partial charge in [0.15, 0.2) is 11.5 Å². The lowest BCUT2D eigenvalue weighted by molar-refractivity contribution is -0.129. The van der Waals surface area contributed by atoms with Gasteiger partial charge in [-0.05, 0) is 24.3 Å². The summed E-state index contributed by atoms with van der Waals surface area (Å²) >= 11 is 0. The smallest absolute Gasteiger partial charge is 0.256 e. The van der Waals surface area contributed by atoms with E-state index < -0.39 is 0 Å². The number of aromatic nitrogens is 1. The molecule has 4 heterocycles. The summed E-state index contributed by atoms with van der Waals surface area (Å²) in [6.45, 7) is 8.39. The predicted octanol–water partition coefficient (Wildman–Crippen LogP) is 1.83. The average molecular weight is 518 g/mol. The van der Waals surface area contributed by atoms with Crippen molar-refractivity contribution in [2.75, 3.05) is 70.5 Å². The lowest BCUT2D eigenvalue weighted by Gasteiger charge is -2.37. The first kappa shape index (κ1) is 24.4. The summed E-state index contributed by atoms with van der Waals surface area (Å²) in [5.41, 5.74) is 2.06. The Morgan fingerprint density at radius 1 is 0.947 bits per heavy atom. The van der Waals surface area contributed by atoms with Gasteiger partial charge in [-0.25, -0.2) is 0 Å². The van der Waals surface area contributed by atoms with Crippen molar-refractivity contribution >= 4 is 28.4 Å². The number of nitrogens with zero attached hydrogens (tertiary/aromatic N) is 4. The highest BCUT2D eigenvalue weighted by Gasteiger charge is 2.29. The maximum atomic E-state index is 13.6. The van der Waals surface area contributed by atoms with Crippen LogP contribution in [0.4, 0.5) is 5.69 Å². The maximum Gasteiger partial charge on any atom is 0.256 e. The molecule has 1 N–H and O–H groups in total. The summed E-state index contributed by atoms with van der Waals surface area (Å²) in [5, 5.41) is 3.36. The number of hydrogen-bond donors (Lipinski definition) is 1. The van der Waals surface area contributed by atoms with Crippen molar-refractivity contribution in [2.45, 2.75) is 6.92 Å². The van der Waals surface area contributed by atoms with E-state index in [1.54, 1.807) is 19.2 Å². The summed E-state index contributed by atoms with van der Waals surface area (Å²) in [6, 6.07) is 11.3. The summed E-state index contributed by atoms with van der Waals surface area (Å²) in [5.74, 6) is 0.926. The minimum atomic E-state index is -0.385. The Morgan fingerprint density at radius 2 is 1.71 bits per heavy atom. The van der Waals surface area contributed by atoms with Gasteiger partial charge in [0.05, 0.1) is 30.0 Å². The Hall–Kier alpha value is -3.89. The van der Waals surface area contributed by atoms with Crippen LogP contribution in [0.25, 0.3) is 16.6 Å². The van der Waals surface area contributed by atoms with Crippen molar-refractivity contribution in [1.82, 2.24) is 19.7 Å². The number of rotatable bonds is 5. The molecular formula is C28H31N5O5. The molecule has 2 aromatic carbocycles. The molecule has 10 heteroatoms. The second kappa shape index (κ2) is 10.1. The van der Waals surface area contributed by atoms with Gasteiger partial charge in [0.2, 0.25) is 11.3 Å². The number of fused-ring (bicyclic) bond motifs is 2. The maximum absolute atomic E-state index is 13.6. The van der Waals surface area contributed by atoms with Crippen LogP contribution in [0.15, 0.2) is 47.4 Å². The molecule has 2 saturated heterocycles. The fourth-order valence-corrected chi connectivity index (χ4v) is 5.44. The van der Waals surface area contributed by atoms with E-state index in [2.05, 4.69) is 15.1 Å². The number of pyridine rings is 1. The van der Waals surface area contributed by atoms with Crippen LogP contribution in [0.1, 0.15) is 17.3 Å². The Morgan fingerprint density at radius 3 is 2.47 bits per heavy atom. The first-order chi connectivity index (χ1) is 18.5. The number of piperazine rings is 1. The van der Waals surface area contributed by atoms with Crippen LogP contribution in [0.5, 0.6) is 11.5 Å². The first-order valence-corrected chi connectivity index (χ1v) is 13.1. The molecule has 2 amide bonds. The Bertz CT molecular complexity index is 1450. The van der Waals surface area contributed by atoms with Crippen LogP contribution in [-0.4, -0.2) is 91.8 Å². The van der Waals surface area contributed by atoms with Crippen molar-refractivity contribution in [3.63, 3.8) is 0 Å². The van der Waals surface area contributed by atoms with Crippen molar-refractivity contribution in [1.29, 1.82) is 0 Å². The lowest BCUT2D eigenvalue weighted by atomic mass is 10.1. The fraction of sp³-hybridized carbons (Fsp3) is 0.393. The van der Waals surface area contributed by atoms with E-state index in [-0.39, 0.29) is 22.8 Å². The van der Waals surface area contributed by atoms with Gasteiger partial charge in [0, 0.05) is 65.5 Å². The fourth-order valence-electron chi connectivity index (χ4n) is 5.44. The average Bonchev–Trinajstić information content (AvgIpc) is 2.95. The first-order valence-electron chi connectivity index (χ1n) is 13.1. The number of carbonyl (C=O) groups excluding carboxylic acids is 2. The number of carbonyl (C=O) groups is 2. The van der Waals surface area contributed by atoms with Crippen LogP contribution < -0.4 is 20.4 Å². The van der Waals surface area contributed by atoms with E-state index >= 15 is 0 Å². The number of ether oxygens (including phenoxy) is 2. The van der Waals surface area contributed by atoms with Crippen molar-refractivity contribution in [2.24, 2.45) is 0 Å². The molecule has 1 aromatic heterocycles. The number of amides is 2. The quantitative estimate of drug-likeness (QED) is 0.432. The van der Waals surface area contributed by atoms with Gasteiger partial charge in [0.1, 0.15) is 11.1 Å². The number of morpholine rings is 1. The third-order valence-corrected chi connectivity index (χ3v) is 7.56. The third-order valence-electron chi connectivity index (χ3n) is 7.56. The summed E-state index contributed by atoms with van der Waals surface area (Å²) < 4.78 is 13.7. The minimum absolute atomic E-state index is 0.0688. The van der Waals surface area contributed by atoms with Crippen LogP contribution in [-0.2, 0) is 9.53 Å². The number of benzene rings is 2. The van der Waals surface area contributed by atoms with Gasteiger partial charge in [-0.2, -0.15) is 0 Å². The molecule has 0 bridgehead atoms. The van der Waals surface area contributed by atoms with Gasteiger partial charge < -0.3 is 29.2 Å². The normalized spacial score (nSPS) is 17.2. The standard InChI is InChI=1S/C28H31N5O5/c1-19(34)31-10-12-32(13-11-31)23-7-6-20-25-27(23)38-24-5-3-2-4-22(24)33(25)18-21(26(20)35)28(36)29-8-9-30-14-16-37-17-15-30/h2-7,18H,8-17H2,1H3,(H,29,36). The van der Waals surface area contributed by atoms with E-state index in [4.69, 9.17) is 9.47 Å². The number of hydrogen-bond acceptors (Lipinski definition) is 7. The number of anilines is 1. The van der Waals surface area contributed by atoms with E-state index in [0.717, 1.165) is 24.5 Å². The second-order valence-electron chi connectivity index (χ2n) is 9.82. The SMILES string of the molecule is CC(=O)N1CCN(c2ccc3c(=O)c(C(=O)NCCN4CCOCC4)cn4c3c2Oc2ccccc2-4)CC1. The molecule has 198 valence electrons. The highest BCUT2D eigenvalue weighted by molar-refractivity contribution is 6.01. The molecule has 0 saturated carbocycles. The van der Waals surface area contributed by atoms with Crippen LogP contribution in [0.3, 0.4) is 0 Å². The Balaban J connectivity index is 1.36. The Labute approximate surface area is 220 Å². The number of para-hydroxylation sites is 2. The molecule has 3 aliphatic rings. The van der Waals surface area contributed by atoms with E-state index in [9.17, 15) is 14.4 Å². The highest BCUT2D eigenvalue weighted by atomic mass is 16.5.